The molecule has 35 heavy (non-hydrogen) atoms. The molecule has 1 saturated heterocycles. The summed E-state index contributed by atoms with van der Waals surface area (Å²) in [7, 11) is 1.71. The quantitative estimate of drug-likeness (QED) is 0.438. The number of nitrogens with zero attached hydrogens (tertiary/aromatic N) is 6. The van der Waals surface area contributed by atoms with E-state index in [9.17, 15) is 14.4 Å². The highest BCUT2D eigenvalue weighted by Crippen LogP contribution is 2.33. The maximum atomic E-state index is 13.6. The number of anilines is 1. The number of aryl methyl sites for hydroxylation is 1. The normalized spacial score (nSPS) is 17.4. The summed E-state index contributed by atoms with van der Waals surface area (Å²) >= 11 is 0. The summed E-state index contributed by atoms with van der Waals surface area (Å²) in [6, 6.07) is 15.3. The Balaban J connectivity index is 1.53. The van der Waals surface area contributed by atoms with Gasteiger partial charge in [-0.3, -0.25) is 9.69 Å². The van der Waals surface area contributed by atoms with Crippen LogP contribution in [0.1, 0.15) is 36.3 Å². The van der Waals surface area contributed by atoms with Gasteiger partial charge in [0.05, 0.1) is 17.2 Å². The van der Waals surface area contributed by atoms with Crippen molar-refractivity contribution in [3.05, 3.63) is 87.9 Å². The van der Waals surface area contributed by atoms with Crippen molar-refractivity contribution < 1.29 is 8.91 Å². The number of halogens is 1. The highest BCUT2D eigenvalue weighted by atomic mass is 19.1. The Labute approximate surface area is 201 Å². The maximum Gasteiger partial charge on any atom is 0.252 e. The summed E-state index contributed by atoms with van der Waals surface area (Å²) in [5, 5.41) is 13.6. The van der Waals surface area contributed by atoms with Crippen molar-refractivity contribution >= 4 is 16.7 Å². The molecule has 2 atom stereocenters. The first kappa shape index (κ1) is 22.7. The molecule has 4 aromatic rings. The molecule has 0 radical (unpaired) electrons. The predicted molar refractivity (Wildman–Crippen MR) is 129 cm³/mol. The summed E-state index contributed by atoms with van der Waals surface area (Å²) in [5.74, 6) is -0.286. The van der Waals surface area contributed by atoms with E-state index in [1.54, 1.807) is 48.2 Å². The molecule has 178 valence electrons. The number of pyridine rings is 2. The third-order valence-electron chi connectivity index (χ3n) is 6.77. The molecule has 1 aromatic carbocycles. The molecular weight excluding hydrogens is 447 g/mol. The standard InChI is InChI=1S/C26H25FN6O2/c1-3-20-16-32(26(21-10-13-35-30-21)17-4-6-18(27)7-5-17)11-12-33(20)23-14-24(34)31(2)22-9-8-19(15-28)29-25(22)23/h4-10,13-14,20,26H,3,11-12,16H2,1-2H3/t20-,26?/m0/s1. The average Bonchev–Trinajstić information content (AvgIpc) is 3.41. The first-order valence-corrected chi connectivity index (χ1v) is 11.6. The van der Waals surface area contributed by atoms with Crippen molar-refractivity contribution in [2.24, 2.45) is 7.05 Å². The Morgan fingerprint density at radius 3 is 2.69 bits per heavy atom. The zero-order valence-electron chi connectivity index (χ0n) is 19.6. The molecular formula is C26H25FN6O2. The van der Waals surface area contributed by atoms with Crippen molar-refractivity contribution in [3.63, 3.8) is 0 Å². The second kappa shape index (κ2) is 9.31. The van der Waals surface area contributed by atoms with Gasteiger partial charge in [0, 0.05) is 44.9 Å². The Bertz CT molecular complexity index is 1440. The minimum atomic E-state index is -0.286. The Hall–Kier alpha value is -4.03. The minimum absolute atomic E-state index is 0.0847. The van der Waals surface area contributed by atoms with E-state index in [1.807, 2.05) is 6.07 Å². The van der Waals surface area contributed by atoms with Gasteiger partial charge in [0.25, 0.3) is 5.56 Å². The number of rotatable bonds is 5. The molecule has 8 nitrogen and oxygen atoms in total. The Morgan fingerprint density at radius 2 is 2.00 bits per heavy atom. The number of piperazine rings is 1. The molecule has 9 heteroatoms. The third kappa shape index (κ3) is 4.17. The van der Waals surface area contributed by atoms with Crippen molar-refractivity contribution in [1.29, 1.82) is 5.26 Å². The fraction of sp³-hybridized carbons (Fsp3) is 0.308. The summed E-state index contributed by atoms with van der Waals surface area (Å²) < 4.78 is 20.3. The molecule has 0 spiro atoms. The van der Waals surface area contributed by atoms with Gasteiger partial charge >= 0.3 is 0 Å². The number of benzene rings is 1. The molecule has 0 N–H and O–H groups in total. The largest absolute Gasteiger partial charge is 0.364 e. The van der Waals surface area contributed by atoms with Gasteiger partial charge in [-0.15, -0.1) is 0 Å². The van der Waals surface area contributed by atoms with Crippen LogP contribution >= 0.6 is 0 Å². The van der Waals surface area contributed by atoms with Crippen LogP contribution in [0.5, 0.6) is 0 Å². The van der Waals surface area contributed by atoms with E-state index in [2.05, 4.69) is 32.9 Å². The van der Waals surface area contributed by atoms with Crippen LogP contribution in [0.15, 0.2) is 64.1 Å². The lowest BCUT2D eigenvalue weighted by Crippen LogP contribution is -2.54. The lowest BCUT2D eigenvalue weighted by molar-refractivity contribution is 0.175. The smallest absolute Gasteiger partial charge is 0.252 e. The van der Waals surface area contributed by atoms with Gasteiger partial charge in [0.1, 0.15) is 35.1 Å². The van der Waals surface area contributed by atoms with Crippen LogP contribution in [0.3, 0.4) is 0 Å². The Morgan fingerprint density at radius 1 is 1.20 bits per heavy atom. The topological polar surface area (TPSA) is 91.2 Å². The van der Waals surface area contributed by atoms with Gasteiger partial charge in [-0.1, -0.05) is 24.2 Å². The molecule has 1 aliphatic rings. The summed E-state index contributed by atoms with van der Waals surface area (Å²) in [4.78, 5) is 21.9. The lowest BCUT2D eigenvalue weighted by Gasteiger charge is -2.45. The van der Waals surface area contributed by atoms with Gasteiger partial charge in [0.15, 0.2) is 0 Å². The van der Waals surface area contributed by atoms with Crippen LogP contribution in [-0.4, -0.2) is 45.3 Å². The minimum Gasteiger partial charge on any atom is -0.364 e. The van der Waals surface area contributed by atoms with Crippen LogP contribution in [-0.2, 0) is 7.05 Å². The van der Waals surface area contributed by atoms with E-state index in [0.717, 1.165) is 23.4 Å². The fourth-order valence-corrected chi connectivity index (χ4v) is 4.95. The molecule has 1 fully saturated rings. The lowest BCUT2D eigenvalue weighted by atomic mass is 9.98. The predicted octanol–water partition coefficient (Wildman–Crippen LogP) is 3.62. The first-order chi connectivity index (χ1) is 17.0. The van der Waals surface area contributed by atoms with Crippen LogP contribution in [0.2, 0.25) is 0 Å². The second-order valence-electron chi connectivity index (χ2n) is 8.73. The molecule has 0 aliphatic carbocycles. The van der Waals surface area contributed by atoms with Crippen molar-refractivity contribution in [3.8, 4) is 6.07 Å². The molecule has 5 rings (SSSR count). The first-order valence-electron chi connectivity index (χ1n) is 11.6. The Kier molecular flexibility index (Phi) is 6.05. The summed E-state index contributed by atoms with van der Waals surface area (Å²) in [6.07, 6.45) is 2.38. The summed E-state index contributed by atoms with van der Waals surface area (Å²) in [6.45, 7) is 4.14. The average molecular weight is 473 g/mol. The number of fused-ring (bicyclic) bond motifs is 1. The van der Waals surface area contributed by atoms with Crippen LogP contribution in [0, 0.1) is 17.1 Å². The third-order valence-corrected chi connectivity index (χ3v) is 6.77. The van der Waals surface area contributed by atoms with Crippen molar-refractivity contribution in [2.45, 2.75) is 25.4 Å². The zero-order chi connectivity index (χ0) is 24.5. The molecule has 4 heterocycles. The van der Waals surface area contributed by atoms with Gasteiger partial charge in [-0.25, -0.2) is 9.37 Å². The van der Waals surface area contributed by atoms with Gasteiger partial charge < -0.3 is 14.0 Å². The van der Waals surface area contributed by atoms with Crippen LogP contribution in [0.4, 0.5) is 10.1 Å². The van der Waals surface area contributed by atoms with Gasteiger partial charge in [-0.2, -0.15) is 5.26 Å². The van der Waals surface area contributed by atoms with E-state index in [0.29, 0.717) is 36.4 Å². The number of hydrogen-bond acceptors (Lipinski definition) is 7. The maximum absolute atomic E-state index is 13.6. The monoisotopic (exact) mass is 472 g/mol. The molecule has 0 bridgehead atoms. The molecule has 1 aliphatic heterocycles. The summed E-state index contributed by atoms with van der Waals surface area (Å²) in [5.41, 5.74) is 3.96. The van der Waals surface area contributed by atoms with E-state index in [-0.39, 0.29) is 23.5 Å². The van der Waals surface area contributed by atoms with Crippen molar-refractivity contribution in [2.75, 3.05) is 24.5 Å². The van der Waals surface area contributed by atoms with Crippen LogP contribution < -0.4 is 10.5 Å². The number of aromatic nitrogens is 3. The number of nitriles is 1. The highest BCUT2D eigenvalue weighted by Gasteiger charge is 2.34. The number of hydrogen-bond donors (Lipinski definition) is 0. The molecule has 0 saturated carbocycles. The van der Waals surface area contributed by atoms with E-state index >= 15 is 0 Å². The molecule has 1 unspecified atom stereocenters. The van der Waals surface area contributed by atoms with Gasteiger partial charge in [0.2, 0.25) is 0 Å². The van der Waals surface area contributed by atoms with E-state index < -0.39 is 0 Å². The second-order valence-corrected chi connectivity index (χ2v) is 8.73. The zero-order valence-corrected chi connectivity index (χ0v) is 19.6. The molecule has 0 amide bonds. The SMILES string of the molecule is CC[C@H]1CN(C(c2ccc(F)cc2)c2ccon2)CCN1c1cc(=O)n(C)c2ccc(C#N)nc12. The fourth-order valence-electron chi connectivity index (χ4n) is 4.95. The molecule has 3 aromatic heterocycles. The van der Waals surface area contributed by atoms with E-state index in [1.165, 1.54) is 12.1 Å². The van der Waals surface area contributed by atoms with Crippen molar-refractivity contribution in [1.82, 2.24) is 19.6 Å². The van der Waals surface area contributed by atoms with Gasteiger partial charge in [-0.05, 0) is 36.2 Å². The highest BCUT2D eigenvalue weighted by molar-refractivity contribution is 5.89. The van der Waals surface area contributed by atoms with Crippen LogP contribution in [0.25, 0.3) is 11.0 Å². The van der Waals surface area contributed by atoms with E-state index in [4.69, 9.17) is 4.52 Å².